The van der Waals surface area contributed by atoms with Crippen LogP contribution in [-0.4, -0.2) is 37.4 Å². The molecule has 0 fully saturated rings. The van der Waals surface area contributed by atoms with Crippen molar-refractivity contribution >= 4 is 22.9 Å². The number of amides is 1. The summed E-state index contributed by atoms with van der Waals surface area (Å²) in [5, 5.41) is 11.7. The molecule has 17 heavy (non-hydrogen) atoms. The highest BCUT2D eigenvalue weighted by molar-refractivity contribution is 7.14. The van der Waals surface area contributed by atoms with Gasteiger partial charge in [0.1, 0.15) is 0 Å². The summed E-state index contributed by atoms with van der Waals surface area (Å²) in [5.41, 5.74) is 6.32. The number of hydrogen-bond donors (Lipinski definition) is 3. The summed E-state index contributed by atoms with van der Waals surface area (Å²) in [7, 11) is 1.56. The summed E-state index contributed by atoms with van der Waals surface area (Å²) in [6.45, 7) is 2.27. The molecular formula is C11H18N2O3S. The van der Waals surface area contributed by atoms with Crippen LogP contribution in [0.3, 0.4) is 0 Å². The molecule has 0 bridgehead atoms. The molecule has 0 saturated carbocycles. The van der Waals surface area contributed by atoms with Gasteiger partial charge in [-0.05, 0) is 19.4 Å². The molecule has 4 N–H and O–H groups in total. The van der Waals surface area contributed by atoms with E-state index in [9.17, 15) is 4.79 Å². The molecule has 1 heterocycles. The second kappa shape index (κ2) is 6.58. The Morgan fingerprint density at radius 3 is 2.88 bits per heavy atom. The van der Waals surface area contributed by atoms with E-state index in [0.717, 1.165) is 4.88 Å². The van der Waals surface area contributed by atoms with Crippen LogP contribution in [0.25, 0.3) is 0 Å². The van der Waals surface area contributed by atoms with Crippen LogP contribution in [-0.2, 0) is 4.74 Å². The lowest BCUT2D eigenvalue weighted by molar-refractivity contribution is 0.0882. The Bertz CT molecular complexity index is 353. The molecule has 1 amide bonds. The molecule has 0 aromatic carbocycles. The Balaban J connectivity index is 2.63. The van der Waals surface area contributed by atoms with Gasteiger partial charge in [-0.2, -0.15) is 0 Å². The fourth-order valence-electron chi connectivity index (χ4n) is 1.42. The third-order valence-electron chi connectivity index (χ3n) is 2.36. The molecule has 0 aliphatic heterocycles. The minimum atomic E-state index is -0.180. The molecule has 1 atom stereocenters. The van der Waals surface area contributed by atoms with E-state index in [1.54, 1.807) is 13.2 Å². The van der Waals surface area contributed by atoms with Crippen LogP contribution in [0.5, 0.6) is 0 Å². The number of thiophene rings is 1. The molecule has 0 aliphatic carbocycles. The predicted octanol–water partition coefficient (Wildman–Crippen LogP) is 0.766. The van der Waals surface area contributed by atoms with Crippen molar-refractivity contribution < 1.29 is 14.6 Å². The van der Waals surface area contributed by atoms with Gasteiger partial charge in [0, 0.05) is 24.3 Å². The topological polar surface area (TPSA) is 84.6 Å². The van der Waals surface area contributed by atoms with E-state index in [2.05, 4.69) is 5.32 Å². The summed E-state index contributed by atoms with van der Waals surface area (Å²) in [4.78, 5) is 13.4. The molecule has 1 aromatic rings. The SMILES string of the molecule is COCC(CCO)NC(=O)c1cc(N)c(C)s1. The lowest BCUT2D eigenvalue weighted by atomic mass is 10.2. The Morgan fingerprint density at radius 2 is 2.41 bits per heavy atom. The zero-order valence-electron chi connectivity index (χ0n) is 10.0. The van der Waals surface area contributed by atoms with Gasteiger partial charge in [-0.15, -0.1) is 11.3 Å². The number of carbonyl (C=O) groups is 1. The van der Waals surface area contributed by atoms with Gasteiger partial charge in [0.25, 0.3) is 5.91 Å². The maximum absolute atomic E-state index is 11.9. The molecule has 1 rings (SSSR count). The molecule has 0 saturated heterocycles. The fraction of sp³-hybridized carbons (Fsp3) is 0.545. The second-order valence-corrected chi connectivity index (χ2v) is 5.02. The predicted molar refractivity (Wildman–Crippen MR) is 68.3 cm³/mol. The van der Waals surface area contributed by atoms with Gasteiger partial charge in [0.15, 0.2) is 0 Å². The monoisotopic (exact) mass is 258 g/mol. The highest BCUT2D eigenvalue weighted by Gasteiger charge is 2.15. The third kappa shape index (κ3) is 3.99. The summed E-state index contributed by atoms with van der Waals surface area (Å²) in [6, 6.07) is 1.49. The highest BCUT2D eigenvalue weighted by Crippen LogP contribution is 2.23. The largest absolute Gasteiger partial charge is 0.398 e. The number of ether oxygens (including phenoxy) is 1. The summed E-state index contributed by atoms with van der Waals surface area (Å²) < 4.78 is 4.98. The number of nitrogens with one attached hydrogen (secondary N) is 1. The third-order valence-corrected chi connectivity index (χ3v) is 3.43. The van der Waals surface area contributed by atoms with Gasteiger partial charge >= 0.3 is 0 Å². The molecule has 1 aromatic heterocycles. The standard InChI is InChI=1S/C11H18N2O3S/c1-7-9(12)5-10(17-7)11(15)13-8(3-4-14)6-16-2/h5,8,14H,3-4,6,12H2,1-2H3,(H,13,15). The smallest absolute Gasteiger partial charge is 0.261 e. The Hall–Kier alpha value is -1.11. The zero-order valence-corrected chi connectivity index (χ0v) is 10.8. The number of methoxy groups -OCH3 is 1. The first-order chi connectivity index (χ1) is 8.08. The summed E-state index contributed by atoms with van der Waals surface area (Å²) >= 11 is 1.36. The van der Waals surface area contributed by atoms with Crippen LogP contribution in [0.4, 0.5) is 5.69 Å². The molecule has 0 radical (unpaired) electrons. The average Bonchev–Trinajstić information content (AvgIpc) is 2.60. The van der Waals surface area contributed by atoms with Crippen molar-refractivity contribution in [3.05, 3.63) is 15.8 Å². The Labute approximate surface area is 105 Å². The van der Waals surface area contributed by atoms with E-state index >= 15 is 0 Å². The van der Waals surface area contributed by atoms with Crippen LogP contribution in [0.1, 0.15) is 21.0 Å². The maximum Gasteiger partial charge on any atom is 0.261 e. The van der Waals surface area contributed by atoms with Gasteiger partial charge in [-0.25, -0.2) is 0 Å². The minimum absolute atomic E-state index is 0.0138. The number of nitrogens with two attached hydrogens (primary N) is 1. The highest BCUT2D eigenvalue weighted by atomic mass is 32.1. The summed E-state index contributed by atoms with van der Waals surface area (Å²) in [6.07, 6.45) is 0.472. The average molecular weight is 258 g/mol. The number of hydrogen-bond acceptors (Lipinski definition) is 5. The lowest BCUT2D eigenvalue weighted by Gasteiger charge is -2.16. The van der Waals surface area contributed by atoms with Crippen molar-refractivity contribution in [2.75, 3.05) is 26.1 Å². The second-order valence-electron chi connectivity index (χ2n) is 3.76. The van der Waals surface area contributed by atoms with Crippen molar-refractivity contribution in [3.8, 4) is 0 Å². The van der Waals surface area contributed by atoms with E-state index in [-0.39, 0.29) is 18.6 Å². The first-order valence-electron chi connectivity index (χ1n) is 5.35. The number of rotatable bonds is 6. The lowest BCUT2D eigenvalue weighted by Crippen LogP contribution is -2.38. The van der Waals surface area contributed by atoms with Crippen molar-refractivity contribution in [1.82, 2.24) is 5.32 Å². The molecule has 0 aliphatic rings. The number of nitrogen functional groups attached to an aromatic ring is 1. The van der Waals surface area contributed by atoms with Crippen molar-refractivity contribution in [1.29, 1.82) is 0 Å². The van der Waals surface area contributed by atoms with Crippen LogP contribution >= 0.6 is 11.3 Å². The normalized spacial score (nSPS) is 12.4. The van der Waals surface area contributed by atoms with Gasteiger partial charge in [0.2, 0.25) is 0 Å². The van der Waals surface area contributed by atoms with Crippen LogP contribution in [0.2, 0.25) is 0 Å². The molecule has 5 nitrogen and oxygen atoms in total. The molecule has 96 valence electrons. The number of aliphatic hydroxyl groups is 1. The molecule has 1 unspecified atom stereocenters. The van der Waals surface area contributed by atoms with E-state index in [1.807, 2.05) is 6.92 Å². The van der Waals surface area contributed by atoms with Gasteiger partial charge < -0.3 is 20.9 Å². The fourth-order valence-corrected chi connectivity index (χ4v) is 2.26. The van der Waals surface area contributed by atoms with Gasteiger partial charge in [-0.3, -0.25) is 4.79 Å². The Kier molecular flexibility index (Phi) is 5.40. The van der Waals surface area contributed by atoms with Gasteiger partial charge in [-0.1, -0.05) is 0 Å². The van der Waals surface area contributed by atoms with Crippen LogP contribution < -0.4 is 11.1 Å². The van der Waals surface area contributed by atoms with Gasteiger partial charge in [0.05, 0.1) is 17.5 Å². The van der Waals surface area contributed by atoms with Crippen molar-refractivity contribution in [3.63, 3.8) is 0 Å². The van der Waals surface area contributed by atoms with Crippen molar-refractivity contribution in [2.24, 2.45) is 0 Å². The first-order valence-corrected chi connectivity index (χ1v) is 6.16. The van der Waals surface area contributed by atoms with Crippen LogP contribution in [0, 0.1) is 6.92 Å². The van der Waals surface area contributed by atoms with Crippen LogP contribution in [0.15, 0.2) is 6.07 Å². The molecule has 0 spiro atoms. The quantitative estimate of drug-likeness (QED) is 0.703. The summed E-state index contributed by atoms with van der Waals surface area (Å²) in [5.74, 6) is -0.176. The zero-order chi connectivity index (χ0) is 12.8. The first kappa shape index (κ1) is 14.0. The minimum Gasteiger partial charge on any atom is -0.398 e. The maximum atomic E-state index is 11.9. The van der Waals surface area contributed by atoms with E-state index in [1.165, 1.54) is 11.3 Å². The number of carbonyl (C=O) groups excluding carboxylic acids is 1. The van der Waals surface area contributed by atoms with E-state index < -0.39 is 0 Å². The molecule has 6 heteroatoms. The van der Waals surface area contributed by atoms with Crippen molar-refractivity contribution in [2.45, 2.75) is 19.4 Å². The number of anilines is 1. The van der Waals surface area contributed by atoms with E-state index in [0.29, 0.717) is 23.6 Å². The molecular weight excluding hydrogens is 240 g/mol. The Morgan fingerprint density at radius 1 is 1.71 bits per heavy atom. The number of aryl methyl sites for hydroxylation is 1. The number of aliphatic hydroxyl groups excluding tert-OH is 1. The van der Waals surface area contributed by atoms with E-state index in [4.69, 9.17) is 15.6 Å².